The average Bonchev–Trinajstić information content (AvgIpc) is 2.74. The molecule has 32 heavy (non-hydrogen) atoms. The van der Waals surface area contributed by atoms with Crippen LogP contribution in [0.5, 0.6) is 0 Å². The van der Waals surface area contributed by atoms with E-state index in [-0.39, 0.29) is 28.7 Å². The summed E-state index contributed by atoms with van der Waals surface area (Å²) in [5.74, 6) is 0.560. The lowest BCUT2D eigenvalue weighted by molar-refractivity contribution is 0.728. The third-order valence-corrected chi connectivity index (χ3v) is 5.29. The van der Waals surface area contributed by atoms with Crippen LogP contribution in [0.4, 0.5) is 17.6 Å². The fourth-order valence-corrected chi connectivity index (χ4v) is 3.73. The molecule has 0 saturated carbocycles. The zero-order valence-corrected chi connectivity index (χ0v) is 17.9. The molecule has 9 nitrogen and oxygen atoms in total. The summed E-state index contributed by atoms with van der Waals surface area (Å²) in [5, 5.41) is 13.2. The van der Waals surface area contributed by atoms with Crippen molar-refractivity contribution in [3.05, 3.63) is 75.3 Å². The molecule has 9 heteroatoms. The first kappa shape index (κ1) is 20.8. The minimum absolute atomic E-state index is 0.0203. The lowest BCUT2D eigenvalue weighted by Crippen LogP contribution is -2.28. The van der Waals surface area contributed by atoms with Crippen LogP contribution in [0.2, 0.25) is 0 Å². The van der Waals surface area contributed by atoms with E-state index in [0.717, 1.165) is 16.8 Å². The highest BCUT2D eigenvalue weighted by atomic mass is 16.1. The lowest BCUT2D eigenvalue weighted by atomic mass is 10.1. The van der Waals surface area contributed by atoms with Gasteiger partial charge in [0, 0.05) is 0 Å². The zero-order chi connectivity index (χ0) is 23.0. The third kappa shape index (κ3) is 3.48. The van der Waals surface area contributed by atoms with Crippen molar-refractivity contribution in [2.45, 2.75) is 26.8 Å². The number of benzene rings is 2. The Morgan fingerprint density at radius 2 is 1.75 bits per heavy atom. The number of aryl methyl sites for hydroxylation is 2. The Bertz CT molecular complexity index is 1450. The maximum atomic E-state index is 13.7. The van der Waals surface area contributed by atoms with Gasteiger partial charge in [0.1, 0.15) is 23.3 Å². The molecular formula is C23H22N8O. The number of fused-ring (bicyclic) bond motifs is 1. The van der Waals surface area contributed by atoms with Crippen LogP contribution < -0.4 is 22.3 Å². The summed E-state index contributed by atoms with van der Waals surface area (Å²) in [6.45, 7) is 5.65. The molecule has 4 aromatic rings. The van der Waals surface area contributed by atoms with E-state index in [1.54, 1.807) is 4.57 Å². The SMILES string of the molecule is Cc1ccccc1-n1c([C@H](C)Nc2nc(N)nc(N)c2C#N)nc2cccc(C)c2c1=O. The number of para-hydroxylation sites is 1. The van der Waals surface area contributed by atoms with Crippen molar-refractivity contribution in [2.75, 3.05) is 16.8 Å². The van der Waals surface area contributed by atoms with Gasteiger partial charge in [-0.2, -0.15) is 15.2 Å². The largest absolute Gasteiger partial charge is 0.382 e. The maximum absolute atomic E-state index is 13.7. The molecule has 0 saturated heterocycles. The van der Waals surface area contributed by atoms with Crippen LogP contribution in [0.15, 0.2) is 47.3 Å². The van der Waals surface area contributed by atoms with Crippen LogP contribution in [-0.2, 0) is 0 Å². The summed E-state index contributed by atoms with van der Waals surface area (Å²) in [5.41, 5.74) is 14.6. The van der Waals surface area contributed by atoms with Crippen molar-refractivity contribution in [3.63, 3.8) is 0 Å². The summed E-state index contributed by atoms with van der Waals surface area (Å²) in [7, 11) is 0. The summed E-state index contributed by atoms with van der Waals surface area (Å²) in [4.78, 5) is 26.5. The maximum Gasteiger partial charge on any atom is 0.266 e. The van der Waals surface area contributed by atoms with Gasteiger partial charge in [-0.05, 0) is 44.0 Å². The Kier molecular flexibility index (Phi) is 5.20. The molecule has 2 aromatic carbocycles. The smallest absolute Gasteiger partial charge is 0.266 e. The van der Waals surface area contributed by atoms with Gasteiger partial charge >= 0.3 is 0 Å². The van der Waals surface area contributed by atoms with Gasteiger partial charge in [-0.25, -0.2) is 4.98 Å². The predicted molar refractivity (Wildman–Crippen MR) is 124 cm³/mol. The Balaban J connectivity index is 1.97. The van der Waals surface area contributed by atoms with Crippen molar-refractivity contribution >= 4 is 28.5 Å². The van der Waals surface area contributed by atoms with E-state index in [9.17, 15) is 10.1 Å². The average molecular weight is 426 g/mol. The Hall–Kier alpha value is -4.45. The van der Waals surface area contributed by atoms with Crippen molar-refractivity contribution < 1.29 is 0 Å². The fraction of sp³-hybridized carbons (Fsp3) is 0.174. The van der Waals surface area contributed by atoms with Gasteiger partial charge in [-0.1, -0.05) is 30.3 Å². The first-order chi connectivity index (χ1) is 15.3. The Morgan fingerprint density at radius 3 is 2.47 bits per heavy atom. The number of hydrogen-bond donors (Lipinski definition) is 3. The van der Waals surface area contributed by atoms with Crippen molar-refractivity contribution in [2.24, 2.45) is 0 Å². The van der Waals surface area contributed by atoms with Crippen LogP contribution >= 0.6 is 0 Å². The third-order valence-electron chi connectivity index (χ3n) is 5.29. The molecule has 0 radical (unpaired) electrons. The minimum atomic E-state index is -0.520. The van der Waals surface area contributed by atoms with Gasteiger partial charge in [0.25, 0.3) is 5.56 Å². The van der Waals surface area contributed by atoms with Crippen LogP contribution in [-0.4, -0.2) is 19.5 Å². The van der Waals surface area contributed by atoms with Crippen molar-refractivity contribution in [1.82, 2.24) is 19.5 Å². The van der Waals surface area contributed by atoms with E-state index >= 15 is 0 Å². The second-order valence-electron chi connectivity index (χ2n) is 7.53. The van der Waals surface area contributed by atoms with Crippen LogP contribution in [0.1, 0.15) is 35.5 Å². The summed E-state index contributed by atoms with van der Waals surface area (Å²) < 4.78 is 1.60. The summed E-state index contributed by atoms with van der Waals surface area (Å²) >= 11 is 0. The molecule has 0 bridgehead atoms. The molecule has 4 rings (SSSR count). The quantitative estimate of drug-likeness (QED) is 0.451. The monoisotopic (exact) mass is 426 g/mol. The molecular weight excluding hydrogens is 404 g/mol. The normalized spacial score (nSPS) is 11.8. The molecule has 5 N–H and O–H groups in total. The number of nitrogens with zero attached hydrogens (tertiary/aromatic N) is 5. The molecule has 0 aliphatic heterocycles. The van der Waals surface area contributed by atoms with Crippen molar-refractivity contribution in [3.8, 4) is 11.8 Å². The van der Waals surface area contributed by atoms with E-state index < -0.39 is 6.04 Å². The number of nitrogens with one attached hydrogen (secondary N) is 1. The molecule has 0 aliphatic carbocycles. The molecule has 1 atom stereocenters. The number of hydrogen-bond acceptors (Lipinski definition) is 8. The molecule has 0 spiro atoms. The molecule has 0 fully saturated rings. The standard InChI is InChI=1S/C23H22N8O/c1-12-7-4-5-10-17(12)31-21(28-16-9-6-8-13(2)18(16)22(31)32)14(3)27-20-15(11-24)19(25)29-23(26)30-20/h4-10,14H,1-3H3,(H5,25,26,27,29,30)/t14-/m0/s1. The van der Waals surface area contributed by atoms with Crippen LogP contribution in [0, 0.1) is 25.2 Å². The van der Waals surface area contributed by atoms with E-state index in [4.69, 9.17) is 16.5 Å². The van der Waals surface area contributed by atoms with E-state index in [1.165, 1.54) is 0 Å². The fourth-order valence-electron chi connectivity index (χ4n) is 3.73. The van der Waals surface area contributed by atoms with Gasteiger partial charge in [0.15, 0.2) is 5.82 Å². The van der Waals surface area contributed by atoms with Crippen molar-refractivity contribution in [1.29, 1.82) is 5.26 Å². The number of nitrogen functional groups attached to an aromatic ring is 2. The molecule has 2 aromatic heterocycles. The molecule has 2 heterocycles. The van der Waals surface area contributed by atoms with Gasteiger partial charge in [0.2, 0.25) is 5.95 Å². The minimum Gasteiger partial charge on any atom is -0.382 e. The highest BCUT2D eigenvalue weighted by Gasteiger charge is 2.22. The Morgan fingerprint density at radius 1 is 1.03 bits per heavy atom. The van der Waals surface area contributed by atoms with E-state index in [0.29, 0.717) is 16.7 Å². The summed E-state index contributed by atoms with van der Waals surface area (Å²) in [6.07, 6.45) is 0. The predicted octanol–water partition coefficient (Wildman–Crippen LogP) is 3.00. The highest BCUT2D eigenvalue weighted by molar-refractivity contribution is 5.81. The van der Waals surface area contributed by atoms with Crippen LogP contribution in [0.3, 0.4) is 0 Å². The van der Waals surface area contributed by atoms with E-state index in [1.807, 2.05) is 69.3 Å². The molecule has 0 amide bonds. The van der Waals surface area contributed by atoms with Gasteiger partial charge < -0.3 is 16.8 Å². The topological polar surface area (TPSA) is 149 Å². The second kappa shape index (κ2) is 8.00. The Labute approximate surface area is 184 Å². The number of anilines is 3. The van der Waals surface area contributed by atoms with Gasteiger partial charge in [0.05, 0.1) is 22.6 Å². The molecule has 0 unspecified atom stereocenters. The lowest BCUT2D eigenvalue weighted by Gasteiger charge is -2.22. The number of aromatic nitrogens is 4. The first-order valence-electron chi connectivity index (χ1n) is 9.99. The van der Waals surface area contributed by atoms with Gasteiger partial charge in [-0.3, -0.25) is 9.36 Å². The van der Waals surface area contributed by atoms with Crippen LogP contribution in [0.25, 0.3) is 16.6 Å². The highest BCUT2D eigenvalue weighted by Crippen LogP contribution is 2.26. The number of nitrogens with two attached hydrogens (primary N) is 2. The van der Waals surface area contributed by atoms with E-state index in [2.05, 4.69) is 15.3 Å². The number of rotatable bonds is 4. The second-order valence-corrected chi connectivity index (χ2v) is 7.53. The van der Waals surface area contributed by atoms with Gasteiger partial charge in [-0.15, -0.1) is 0 Å². The molecule has 0 aliphatic rings. The summed E-state index contributed by atoms with van der Waals surface area (Å²) in [6, 6.07) is 14.6. The zero-order valence-electron chi connectivity index (χ0n) is 17.9. The molecule has 160 valence electrons. The number of nitriles is 1. The first-order valence-corrected chi connectivity index (χ1v) is 9.99.